The normalized spacial score (nSPS) is 15.9. The molecule has 0 bridgehead atoms. The molecule has 0 radical (unpaired) electrons. The predicted octanol–water partition coefficient (Wildman–Crippen LogP) is 5.13. The van der Waals surface area contributed by atoms with Gasteiger partial charge in [0.05, 0.1) is 12.8 Å². The van der Waals surface area contributed by atoms with Gasteiger partial charge in [-0.3, -0.25) is 4.79 Å². The van der Waals surface area contributed by atoms with Gasteiger partial charge >= 0.3 is 0 Å². The van der Waals surface area contributed by atoms with E-state index >= 15 is 0 Å². The smallest absolute Gasteiger partial charge is 0.244 e. The standard InChI is InChI=1S/C26H27ClFN5O3/c1-16(27)24(34)33-15-26(9-10-26)20-8-5-18(13-22(20)33)30-23-21(28)14-29-25(32-23)31-17-3-6-19(7-4-17)36-12-11-35-2/h3-8,13-14,16H,9-12,15H2,1-2H3,(H2,29,30,31,32). The maximum atomic E-state index is 14.6. The Hall–Kier alpha value is -3.43. The second kappa shape index (κ2) is 9.91. The van der Waals surface area contributed by atoms with Crippen LogP contribution in [0, 0.1) is 5.82 Å². The first kappa shape index (κ1) is 24.3. The van der Waals surface area contributed by atoms with E-state index in [4.69, 9.17) is 21.1 Å². The summed E-state index contributed by atoms with van der Waals surface area (Å²) < 4.78 is 25.1. The zero-order valence-electron chi connectivity index (χ0n) is 20.1. The summed E-state index contributed by atoms with van der Waals surface area (Å²) in [6.07, 6.45) is 3.20. The topological polar surface area (TPSA) is 88.6 Å². The number of hydrogen-bond donors (Lipinski definition) is 2. The number of rotatable bonds is 9. The van der Waals surface area contributed by atoms with Gasteiger partial charge in [0.1, 0.15) is 17.7 Å². The van der Waals surface area contributed by atoms with Gasteiger partial charge in [0, 0.05) is 36.1 Å². The highest BCUT2D eigenvalue weighted by Crippen LogP contribution is 2.57. The van der Waals surface area contributed by atoms with Crippen LogP contribution in [0.1, 0.15) is 25.3 Å². The van der Waals surface area contributed by atoms with Crippen LogP contribution in [0.25, 0.3) is 0 Å². The predicted molar refractivity (Wildman–Crippen MR) is 137 cm³/mol. The maximum Gasteiger partial charge on any atom is 0.244 e. The Morgan fingerprint density at radius 3 is 2.61 bits per heavy atom. The number of carbonyl (C=O) groups is 1. The number of nitrogens with one attached hydrogen (secondary N) is 2. The number of fused-ring (bicyclic) bond motifs is 2. The summed E-state index contributed by atoms with van der Waals surface area (Å²) in [6, 6.07) is 13.0. The molecule has 188 valence electrons. The van der Waals surface area contributed by atoms with E-state index in [1.54, 1.807) is 18.9 Å². The van der Waals surface area contributed by atoms with Crippen molar-refractivity contribution in [1.29, 1.82) is 0 Å². The number of halogens is 2. The van der Waals surface area contributed by atoms with Crippen molar-refractivity contribution in [2.45, 2.75) is 30.6 Å². The molecule has 8 nitrogen and oxygen atoms in total. The number of benzene rings is 2. The molecule has 1 spiro atoms. The highest BCUT2D eigenvalue weighted by Gasteiger charge is 2.53. The van der Waals surface area contributed by atoms with Crippen LogP contribution in [0.5, 0.6) is 5.75 Å². The van der Waals surface area contributed by atoms with Crippen LogP contribution in [0.15, 0.2) is 48.7 Å². The lowest BCUT2D eigenvalue weighted by atomic mass is 9.98. The minimum absolute atomic E-state index is 0.0229. The Kier molecular flexibility index (Phi) is 6.68. The molecule has 36 heavy (non-hydrogen) atoms. The van der Waals surface area contributed by atoms with E-state index in [0.29, 0.717) is 31.2 Å². The maximum absolute atomic E-state index is 14.6. The molecule has 0 saturated heterocycles. The van der Waals surface area contributed by atoms with E-state index < -0.39 is 11.2 Å². The van der Waals surface area contributed by atoms with E-state index in [9.17, 15) is 9.18 Å². The first-order valence-electron chi connectivity index (χ1n) is 11.8. The van der Waals surface area contributed by atoms with Gasteiger partial charge in [-0.25, -0.2) is 9.37 Å². The zero-order valence-corrected chi connectivity index (χ0v) is 20.8. The van der Waals surface area contributed by atoms with E-state index in [0.717, 1.165) is 36.0 Å². The molecule has 2 aromatic carbocycles. The lowest BCUT2D eigenvalue weighted by Gasteiger charge is -2.20. The van der Waals surface area contributed by atoms with Crippen molar-refractivity contribution in [1.82, 2.24) is 9.97 Å². The van der Waals surface area contributed by atoms with Crippen LogP contribution in [0.2, 0.25) is 0 Å². The largest absolute Gasteiger partial charge is 0.491 e. The van der Waals surface area contributed by atoms with Crippen molar-refractivity contribution in [3.8, 4) is 5.75 Å². The average molecular weight is 512 g/mol. The van der Waals surface area contributed by atoms with Crippen molar-refractivity contribution in [2.24, 2.45) is 0 Å². The first-order chi connectivity index (χ1) is 17.4. The molecule has 1 saturated carbocycles. The van der Waals surface area contributed by atoms with Crippen molar-refractivity contribution in [2.75, 3.05) is 42.4 Å². The molecule has 10 heteroatoms. The average Bonchev–Trinajstić information content (AvgIpc) is 3.58. The molecular weight excluding hydrogens is 485 g/mol. The van der Waals surface area contributed by atoms with Gasteiger partial charge in [-0.1, -0.05) is 6.07 Å². The molecule has 1 unspecified atom stereocenters. The number of aromatic nitrogens is 2. The van der Waals surface area contributed by atoms with Gasteiger partial charge in [0.15, 0.2) is 11.6 Å². The van der Waals surface area contributed by atoms with Gasteiger partial charge in [-0.2, -0.15) is 4.98 Å². The molecule has 3 aromatic rings. The second-order valence-electron chi connectivity index (χ2n) is 9.06. The first-order valence-corrected chi connectivity index (χ1v) is 12.2. The number of nitrogens with zero attached hydrogens (tertiary/aromatic N) is 3. The summed E-state index contributed by atoms with van der Waals surface area (Å²) in [5.41, 5.74) is 3.32. The number of methoxy groups -OCH3 is 1. The van der Waals surface area contributed by atoms with Crippen LogP contribution < -0.4 is 20.3 Å². The quantitative estimate of drug-likeness (QED) is 0.304. The van der Waals surface area contributed by atoms with Crippen molar-refractivity contribution < 1.29 is 18.7 Å². The molecular formula is C26H27ClFN5O3. The van der Waals surface area contributed by atoms with Crippen LogP contribution in [0.4, 0.5) is 33.2 Å². The van der Waals surface area contributed by atoms with E-state index in [-0.39, 0.29) is 23.1 Å². The number of anilines is 5. The van der Waals surface area contributed by atoms with Crippen molar-refractivity contribution in [3.63, 3.8) is 0 Å². The molecule has 1 aliphatic carbocycles. The summed E-state index contributed by atoms with van der Waals surface area (Å²) >= 11 is 6.11. The Bertz CT molecular complexity index is 1270. The van der Waals surface area contributed by atoms with Gasteiger partial charge in [0.2, 0.25) is 11.9 Å². The Morgan fingerprint density at radius 1 is 1.17 bits per heavy atom. The summed E-state index contributed by atoms with van der Waals surface area (Å²) in [4.78, 5) is 22.8. The van der Waals surface area contributed by atoms with E-state index in [1.807, 2.05) is 42.5 Å². The Balaban J connectivity index is 1.32. The molecule has 5 rings (SSSR count). The summed E-state index contributed by atoms with van der Waals surface area (Å²) in [5, 5.41) is 5.48. The summed E-state index contributed by atoms with van der Waals surface area (Å²) in [5.74, 6) is 0.241. The van der Waals surface area contributed by atoms with E-state index in [2.05, 4.69) is 20.6 Å². The Labute approximate surface area is 213 Å². The molecule has 1 aromatic heterocycles. The monoisotopic (exact) mass is 511 g/mol. The fourth-order valence-corrected chi connectivity index (χ4v) is 4.52. The zero-order chi connectivity index (χ0) is 25.3. The Morgan fingerprint density at radius 2 is 1.92 bits per heavy atom. The fraction of sp³-hybridized carbons (Fsp3) is 0.346. The highest BCUT2D eigenvalue weighted by molar-refractivity contribution is 6.32. The number of alkyl halides is 1. The molecule has 2 heterocycles. The number of hydrogen-bond acceptors (Lipinski definition) is 7. The third kappa shape index (κ3) is 4.94. The number of ether oxygens (including phenoxy) is 2. The lowest BCUT2D eigenvalue weighted by molar-refractivity contribution is -0.118. The third-order valence-corrected chi connectivity index (χ3v) is 6.64. The second-order valence-corrected chi connectivity index (χ2v) is 9.71. The molecule has 2 N–H and O–H groups in total. The van der Waals surface area contributed by atoms with E-state index in [1.165, 1.54) is 0 Å². The van der Waals surface area contributed by atoms with Gasteiger partial charge in [0.25, 0.3) is 0 Å². The molecule has 2 aliphatic rings. The minimum Gasteiger partial charge on any atom is -0.491 e. The summed E-state index contributed by atoms with van der Waals surface area (Å²) in [6.45, 7) is 3.27. The lowest BCUT2D eigenvalue weighted by Crippen LogP contribution is -2.36. The number of amides is 1. The fourth-order valence-electron chi connectivity index (χ4n) is 4.40. The van der Waals surface area contributed by atoms with Crippen molar-refractivity contribution in [3.05, 3.63) is 60.0 Å². The van der Waals surface area contributed by atoms with Crippen LogP contribution in [-0.2, 0) is 14.9 Å². The molecule has 1 amide bonds. The highest BCUT2D eigenvalue weighted by atomic mass is 35.5. The molecule has 1 fully saturated rings. The summed E-state index contributed by atoms with van der Waals surface area (Å²) in [7, 11) is 1.62. The van der Waals surface area contributed by atoms with Gasteiger partial charge < -0.3 is 25.0 Å². The van der Waals surface area contributed by atoms with Gasteiger partial charge in [-0.05, 0) is 61.7 Å². The molecule has 1 aliphatic heterocycles. The van der Waals surface area contributed by atoms with Crippen LogP contribution in [0.3, 0.4) is 0 Å². The SMILES string of the molecule is COCCOc1ccc(Nc2ncc(F)c(Nc3ccc4c(c3)N(C(=O)C(C)Cl)CC43CC3)n2)cc1. The van der Waals surface area contributed by atoms with Crippen molar-refractivity contribution >= 4 is 46.3 Å². The van der Waals surface area contributed by atoms with Crippen LogP contribution in [-0.4, -0.2) is 48.1 Å². The third-order valence-electron chi connectivity index (χ3n) is 6.45. The minimum atomic E-state index is -0.623. The van der Waals surface area contributed by atoms with Gasteiger partial charge in [-0.15, -0.1) is 11.6 Å². The molecule has 1 atom stereocenters. The van der Waals surface area contributed by atoms with Crippen LogP contribution >= 0.6 is 11.6 Å². The number of carbonyl (C=O) groups excluding carboxylic acids is 1.